The van der Waals surface area contributed by atoms with Gasteiger partial charge in [-0.25, -0.2) is 9.48 Å². The van der Waals surface area contributed by atoms with Gasteiger partial charge < -0.3 is 10.6 Å². The number of urea groups is 1. The van der Waals surface area contributed by atoms with E-state index in [2.05, 4.69) is 22.3 Å². The Bertz CT molecular complexity index is 571. The van der Waals surface area contributed by atoms with E-state index in [9.17, 15) is 4.79 Å². The van der Waals surface area contributed by atoms with Crippen LogP contribution >= 0.6 is 0 Å². The van der Waals surface area contributed by atoms with Gasteiger partial charge in [-0.3, -0.25) is 0 Å². The predicted octanol–water partition coefficient (Wildman–Crippen LogP) is 2.49. The lowest BCUT2D eigenvalue weighted by atomic mass is 10.3. The van der Waals surface area contributed by atoms with Gasteiger partial charge in [-0.05, 0) is 37.3 Å². The maximum Gasteiger partial charge on any atom is 0.319 e. The average Bonchev–Trinajstić information content (AvgIpc) is 2.84. The summed E-state index contributed by atoms with van der Waals surface area (Å²) in [7, 11) is 0. The van der Waals surface area contributed by atoms with Crippen LogP contribution < -0.4 is 10.6 Å². The third kappa shape index (κ3) is 3.45. The molecule has 0 atom stereocenters. The number of anilines is 1. The van der Waals surface area contributed by atoms with Crippen LogP contribution in [-0.4, -0.2) is 22.4 Å². The van der Waals surface area contributed by atoms with Gasteiger partial charge in [0, 0.05) is 18.4 Å². The number of amides is 2. The molecule has 0 bridgehead atoms. The number of benzene rings is 1. The molecule has 0 saturated heterocycles. The van der Waals surface area contributed by atoms with Gasteiger partial charge >= 0.3 is 6.03 Å². The first-order valence-corrected chi connectivity index (χ1v) is 5.97. The van der Waals surface area contributed by atoms with Crippen LogP contribution in [0.3, 0.4) is 0 Å². The highest BCUT2D eigenvalue weighted by Crippen LogP contribution is 2.12. The lowest BCUT2D eigenvalue weighted by Gasteiger charge is -2.07. The van der Waals surface area contributed by atoms with Crippen LogP contribution in [0.4, 0.5) is 10.5 Å². The van der Waals surface area contributed by atoms with E-state index in [4.69, 9.17) is 0 Å². The van der Waals surface area contributed by atoms with Crippen LogP contribution in [0.15, 0.2) is 49.2 Å². The summed E-state index contributed by atoms with van der Waals surface area (Å²) in [4.78, 5) is 11.4. The molecule has 2 amide bonds. The van der Waals surface area contributed by atoms with E-state index in [-0.39, 0.29) is 6.03 Å². The van der Waals surface area contributed by atoms with Gasteiger partial charge in [0.25, 0.3) is 0 Å². The third-order valence-corrected chi connectivity index (χ3v) is 2.52. The SMILES string of the molecule is C=CCNC(=O)Nc1ccc(-n2ccc(C)n2)cc1. The Morgan fingerprint density at radius 3 is 2.68 bits per heavy atom. The lowest BCUT2D eigenvalue weighted by Crippen LogP contribution is -2.28. The van der Waals surface area contributed by atoms with E-state index in [1.54, 1.807) is 10.8 Å². The molecule has 98 valence electrons. The van der Waals surface area contributed by atoms with Crippen molar-refractivity contribution in [3.8, 4) is 5.69 Å². The van der Waals surface area contributed by atoms with Crippen molar-refractivity contribution in [3.63, 3.8) is 0 Å². The molecule has 0 fully saturated rings. The van der Waals surface area contributed by atoms with E-state index in [1.807, 2.05) is 43.5 Å². The van der Waals surface area contributed by atoms with Crippen molar-refractivity contribution in [2.75, 3.05) is 11.9 Å². The smallest absolute Gasteiger partial charge is 0.319 e. The van der Waals surface area contributed by atoms with Gasteiger partial charge in [-0.2, -0.15) is 5.10 Å². The summed E-state index contributed by atoms with van der Waals surface area (Å²) in [5.41, 5.74) is 2.64. The molecule has 1 aromatic carbocycles. The number of rotatable bonds is 4. The molecule has 5 nitrogen and oxygen atoms in total. The summed E-state index contributed by atoms with van der Waals surface area (Å²) in [6.45, 7) is 5.92. The second-order valence-electron chi connectivity index (χ2n) is 4.07. The summed E-state index contributed by atoms with van der Waals surface area (Å²) in [6, 6.07) is 9.15. The van der Waals surface area contributed by atoms with E-state index < -0.39 is 0 Å². The fourth-order valence-corrected chi connectivity index (χ4v) is 1.60. The van der Waals surface area contributed by atoms with Crippen molar-refractivity contribution in [2.24, 2.45) is 0 Å². The van der Waals surface area contributed by atoms with Gasteiger partial charge in [0.1, 0.15) is 0 Å². The van der Waals surface area contributed by atoms with Gasteiger partial charge in [-0.15, -0.1) is 6.58 Å². The summed E-state index contributed by atoms with van der Waals surface area (Å²) in [5, 5.41) is 9.70. The standard InChI is InChI=1S/C14H16N4O/c1-3-9-15-14(19)16-12-4-6-13(7-5-12)18-10-8-11(2)17-18/h3-8,10H,1,9H2,2H3,(H2,15,16,19). The maximum atomic E-state index is 11.4. The Morgan fingerprint density at radius 2 is 2.11 bits per heavy atom. The van der Waals surface area contributed by atoms with E-state index in [0.29, 0.717) is 6.54 Å². The van der Waals surface area contributed by atoms with Crippen molar-refractivity contribution < 1.29 is 4.79 Å². The number of hydrogen-bond donors (Lipinski definition) is 2. The molecule has 2 rings (SSSR count). The molecule has 19 heavy (non-hydrogen) atoms. The fraction of sp³-hybridized carbons (Fsp3) is 0.143. The largest absolute Gasteiger partial charge is 0.334 e. The summed E-state index contributed by atoms with van der Waals surface area (Å²) in [5.74, 6) is 0. The average molecular weight is 256 g/mol. The first-order valence-electron chi connectivity index (χ1n) is 5.97. The monoisotopic (exact) mass is 256 g/mol. The normalized spacial score (nSPS) is 9.95. The predicted molar refractivity (Wildman–Crippen MR) is 75.5 cm³/mol. The molecule has 0 aliphatic carbocycles. The Balaban J connectivity index is 2.02. The van der Waals surface area contributed by atoms with Crippen molar-refractivity contribution in [1.82, 2.24) is 15.1 Å². The number of hydrogen-bond acceptors (Lipinski definition) is 2. The van der Waals surface area contributed by atoms with Crippen LogP contribution in [0.25, 0.3) is 5.69 Å². The molecule has 5 heteroatoms. The molecule has 0 aliphatic heterocycles. The lowest BCUT2D eigenvalue weighted by molar-refractivity contribution is 0.253. The Hall–Kier alpha value is -2.56. The van der Waals surface area contributed by atoms with E-state index >= 15 is 0 Å². The fourth-order valence-electron chi connectivity index (χ4n) is 1.60. The first kappa shape index (κ1) is 12.9. The number of carbonyl (C=O) groups is 1. The van der Waals surface area contributed by atoms with Crippen LogP contribution in [0.1, 0.15) is 5.69 Å². The number of aryl methyl sites for hydroxylation is 1. The number of nitrogens with zero attached hydrogens (tertiary/aromatic N) is 2. The van der Waals surface area contributed by atoms with Crippen molar-refractivity contribution >= 4 is 11.7 Å². The van der Waals surface area contributed by atoms with E-state index in [1.165, 1.54) is 0 Å². The maximum absolute atomic E-state index is 11.4. The van der Waals surface area contributed by atoms with Gasteiger partial charge in [0.2, 0.25) is 0 Å². The quantitative estimate of drug-likeness (QED) is 0.826. The van der Waals surface area contributed by atoms with Crippen LogP contribution in [0.5, 0.6) is 0 Å². The van der Waals surface area contributed by atoms with Crippen molar-refractivity contribution in [1.29, 1.82) is 0 Å². The van der Waals surface area contributed by atoms with E-state index in [0.717, 1.165) is 17.1 Å². The van der Waals surface area contributed by atoms with Gasteiger partial charge in [0.15, 0.2) is 0 Å². The Kier molecular flexibility index (Phi) is 3.97. The molecular formula is C14H16N4O. The first-order chi connectivity index (χ1) is 9.19. The minimum atomic E-state index is -0.248. The zero-order valence-electron chi connectivity index (χ0n) is 10.8. The molecule has 2 aromatic rings. The highest BCUT2D eigenvalue weighted by molar-refractivity contribution is 5.89. The molecule has 0 saturated carbocycles. The minimum Gasteiger partial charge on any atom is -0.334 e. The van der Waals surface area contributed by atoms with Gasteiger partial charge in [0.05, 0.1) is 11.4 Å². The summed E-state index contributed by atoms with van der Waals surface area (Å²) < 4.78 is 1.79. The van der Waals surface area contributed by atoms with Crippen LogP contribution in [-0.2, 0) is 0 Å². The van der Waals surface area contributed by atoms with Gasteiger partial charge in [-0.1, -0.05) is 6.08 Å². The molecule has 0 unspecified atom stereocenters. The third-order valence-electron chi connectivity index (χ3n) is 2.52. The minimum absolute atomic E-state index is 0.248. The number of carbonyl (C=O) groups excluding carboxylic acids is 1. The zero-order chi connectivity index (χ0) is 13.7. The second kappa shape index (κ2) is 5.86. The van der Waals surface area contributed by atoms with Crippen molar-refractivity contribution in [3.05, 3.63) is 54.9 Å². The molecule has 0 aliphatic rings. The molecule has 1 heterocycles. The number of aromatic nitrogens is 2. The van der Waals surface area contributed by atoms with Crippen molar-refractivity contribution in [2.45, 2.75) is 6.92 Å². The molecular weight excluding hydrogens is 240 g/mol. The summed E-state index contributed by atoms with van der Waals surface area (Å²) in [6.07, 6.45) is 3.53. The zero-order valence-corrected chi connectivity index (χ0v) is 10.8. The van der Waals surface area contributed by atoms with Crippen LogP contribution in [0.2, 0.25) is 0 Å². The second-order valence-corrected chi connectivity index (χ2v) is 4.07. The molecule has 0 spiro atoms. The molecule has 2 N–H and O–H groups in total. The Morgan fingerprint density at radius 1 is 1.37 bits per heavy atom. The summed E-state index contributed by atoms with van der Waals surface area (Å²) >= 11 is 0. The molecule has 1 aromatic heterocycles. The van der Waals surface area contributed by atoms with Crippen LogP contribution in [0, 0.1) is 6.92 Å². The highest BCUT2D eigenvalue weighted by Gasteiger charge is 2.01. The topological polar surface area (TPSA) is 59.0 Å². The molecule has 0 radical (unpaired) electrons. The Labute approximate surface area is 111 Å². The number of nitrogens with one attached hydrogen (secondary N) is 2. The highest BCUT2D eigenvalue weighted by atomic mass is 16.2.